The van der Waals surface area contributed by atoms with Crippen LogP contribution in [0.2, 0.25) is 0 Å². The molecule has 0 N–H and O–H groups in total. The maximum absolute atomic E-state index is 13.8. The first kappa shape index (κ1) is 16.1. The lowest BCUT2D eigenvalue weighted by Crippen LogP contribution is -2.51. The van der Waals surface area contributed by atoms with Crippen molar-refractivity contribution in [2.75, 3.05) is 32.8 Å². The molecule has 2 amide bonds. The van der Waals surface area contributed by atoms with Gasteiger partial charge in [-0.25, -0.2) is 4.39 Å². The molecule has 2 saturated heterocycles. The van der Waals surface area contributed by atoms with Gasteiger partial charge < -0.3 is 19.0 Å². The minimum absolute atomic E-state index is 0.0450. The van der Waals surface area contributed by atoms with Gasteiger partial charge in [-0.1, -0.05) is 12.1 Å². The second kappa shape index (κ2) is 6.48. The molecule has 1 atom stereocenters. The van der Waals surface area contributed by atoms with Gasteiger partial charge in [-0.05, 0) is 25.0 Å². The van der Waals surface area contributed by atoms with E-state index < -0.39 is 11.9 Å². The Morgan fingerprint density at radius 3 is 2.72 bits per heavy atom. The summed E-state index contributed by atoms with van der Waals surface area (Å²) in [7, 11) is 0. The number of para-hydroxylation sites is 1. The molecular weight excluding hydrogens is 327 g/mol. The smallest absolute Gasteiger partial charge is 0.290 e. The van der Waals surface area contributed by atoms with Crippen molar-refractivity contribution < 1.29 is 23.1 Å². The van der Waals surface area contributed by atoms with Gasteiger partial charge in [0.05, 0.1) is 13.2 Å². The van der Waals surface area contributed by atoms with E-state index in [4.69, 9.17) is 9.15 Å². The van der Waals surface area contributed by atoms with Crippen LogP contribution in [0.4, 0.5) is 4.39 Å². The first-order valence-corrected chi connectivity index (χ1v) is 8.51. The molecule has 3 heterocycles. The summed E-state index contributed by atoms with van der Waals surface area (Å²) in [4.78, 5) is 28.9. The second-order valence-corrected chi connectivity index (χ2v) is 6.36. The van der Waals surface area contributed by atoms with Gasteiger partial charge >= 0.3 is 0 Å². The molecule has 2 aromatic rings. The maximum Gasteiger partial charge on any atom is 0.290 e. The molecule has 0 unspecified atom stereocenters. The van der Waals surface area contributed by atoms with Gasteiger partial charge in [0.1, 0.15) is 6.04 Å². The molecule has 132 valence electrons. The second-order valence-electron chi connectivity index (χ2n) is 6.36. The fraction of sp³-hybridized carbons (Fsp3) is 0.444. The largest absolute Gasteiger partial charge is 0.448 e. The molecular formula is C18H19FN2O4. The molecule has 0 radical (unpaired) electrons. The molecule has 0 saturated carbocycles. The Kier molecular flexibility index (Phi) is 4.17. The molecule has 2 aliphatic rings. The quantitative estimate of drug-likeness (QED) is 0.835. The standard InChI is InChI=1S/C18H19FN2O4/c19-13-4-1-3-12-11-15(25-16(12)13)18(23)21-6-2-5-14(21)17(22)20-7-9-24-10-8-20/h1,3-4,11,14H,2,5-10H2/t14-/m1/s1. The molecule has 0 bridgehead atoms. The summed E-state index contributed by atoms with van der Waals surface area (Å²) in [5, 5.41) is 0.540. The van der Waals surface area contributed by atoms with Gasteiger partial charge in [-0.2, -0.15) is 0 Å². The summed E-state index contributed by atoms with van der Waals surface area (Å²) in [6.07, 6.45) is 1.40. The first-order valence-electron chi connectivity index (χ1n) is 8.51. The topological polar surface area (TPSA) is 63.0 Å². The number of rotatable bonds is 2. The van der Waals surface area contributed by atoms with Crippen molar-refractivity contribution in [3.05, 3.63) is 35.8 Å². The zero-order chi connectivity index (χ0) is 17.4. The van der Waals surface area contributed by atoms with Crippen LogP contribution in [0.3, 0.4) is 0 Å². The van der Waals surface area contributed by atoms with Gasteiger partial charge in [-0.3, -0.25) is 9.59 Å². The summed E-state index contributed by atoms with van der Waals surface area (Å²) >= 11 is 0. The number of furan rings is 1. The van der Waals surface area contributed by atoms with Crippen molar-refractivity contribution in [2.24, 2.45) is 0 Å². The number of halogens is 1. The maximum atomic E-state index is 13.8. The average Bonchev–Trinajstić information content (AvgIpc) is 3.29. The van der Waals surface area contributed by atoms with E-state index in [9.17, 15) is 14.0 Å². The monoisotopic (exact) mass is 346 g/mol. The Morgan fingerprint density at radius 2 is 1.96 bits per heavy atom. The number of benzene rings is 1. The Bertz CT molecular complexity index is 813. The molecule has 2 aliphatic heterocycles. The van der Waals surface area contributed by atoms with Crippen LogP contribution in [0.15, 0.2) is 28.7 Å². The number of amides is 2. The number of morpholine rings is 1. The molecule has 2 fully saturated rings. The van der Waals surface area contributed by atoms with Crippen molar-refractivity contribution in [1.29, 1.82) is 0 Å². The molecule has 7 heteroatoms. The molecule has 25 heavy (non-hydrogen) atoms. The lowest BCUT2D eigenvalue weighted by molar-refractivity contribution is -0.139. The SMILES string of the molecule is O=C([C@H]1CCCN1C(=O)c1cc2cccc(F)c2o1)N1CCOCC1. The van der Waals surface area contributed by atoms with E-state index in [1.54, 1.807) is 21.9 Å². The van der Waals surface area contributed by atoms with Crippen LogP contribution < -0.4 is 0 Å². The van der Waals surface area contributed by atoms with E-state index in [1.807, 2.05) is 0 Å². The lowest BCUT2D eigenvalue weighted by Gasteiger charge is -2.32. The van der Waals surface area contributed by atoms with E-state index >= 15 is 0 Å². The lowest BCUT2D eigenvalue weighted by atomic mass is 10.1. The van der Waals surface area contributed by atoms with Gasteiger partial charge in [0.25, 0.3) is 5.91 Å². The molecule has 0 aliphatic carbocycles. The van der Waals surface area contributed by atoms with E-state index in [0.717, 1.165) is 6.42 Å². The van der Waals surface area contributed by atoms with Gasteiger partial charge in [0.2, 0.25) is 5.91 Å². The van der Waals surface area contributed by atoms with E-state index in [1.165, 1.54) is 12.1 Å². The number of hydrogen-bond acceptors (Lipinski definition) is 4. The van der Waals surface area contributed by atoms with Crippen molar-refractivity contribution in [3.8, 4) is 0 Å². The van der Waals surface area contributed by atoms with Crippen LogP contribution in [0.5, 0.6) is 0 Å². The molecule has 0 spiro atoms. The van der Waals surface area contributed by atoms with Crippen molar-refractivity contribution in [1.82, 2.24) is 9.80 Å². The third-order valence-corrected chi connectivity index (χ3v) is 4.83. The Labute approximate surface area is 144 Å². The minimum Gasteiger partial charge on any atom is -0.448 e. The Hall–Kier alpha value is -2.41. The number of carbonyl (C=O) groups is 2. The predicted octanol–water partition coefficient (Wildman–Crippen LogP) is 2.04. The summed E-state index contributed by atoms with van der Waals surface area (Å²) in [5.41, 5.74) is 0.0705. The highest BCUT2D eigenvalue weighted by Gasteiger charge is 2.38. The van der Waals surface area contributed by atoms with E-state index in [0.29, 0.717) is 44.7 Å². The Morgan fingerprint density at radius 1 is 1.16 bits per heavy atom. The molecule has 1 aromatic carbocycles. The number of likely N-dealkylation sites (tertiary alicyclic amines) is 1. The zero-order valence-corrected chi connectivity index (χ0v) is 13.7. The number of nitrogens with zero attached hydrogens (tertiary/aromatic N) is 2. The highest BCUT2D eigenvalue weighted by molar-refractivity contribution is 5.99. The third-order valence-electron chi connectivity index (χ3n) is 4.83. The molecule has 6 nitrogen and oxygen atoms in total. The highest BCUT2D eigenvalue weighted by Crippen LogP contribution is 2.27. The number of ether oxygens (including phenoxy) is 1. The predicted molar refractivity (Wildman–Crippen MR) is 87.6 cm³/mol. The van der Waals surface area contributed by atoms with Crippen LogP contribution >= 0.6 is 0 Å². The minimum atomic E-state index is -0.501. The summed E-state index contributed by atoms with van der Waals surface area (Å²) in [6.45, 7) is 2.64. The molecule has 1 aromatic heterocycles. The number of carbonyl (C=O) groups excluding carboxylic acids is 2. The van der Waals surface area contributed by atoms with Crippen molar-refractivity contribution >= 4 is 22.8 Å². The summed E-state index contributed by atoms with van der Waals surface area (Å²) in [6, 6.07) is 5.61. The fourth-order valence-electron chi connectivity index (χ4n) is 3.54. The van der Waals surface area contributed by atoms with Crippen LogP contribution in [-0.4, -0.2) is 60.5 Å². The number of fused-ring (bicyclic) bond motifs is 1. The van der Waals surface area contributed by atoms with E-state index in [2.05, 4.69) is 0 Å². The first-order chi connectivity index (χ1) is 12.1. The third kappa shape index (κ3) is 2.89. The number of hydrogen-bond donors (Lipinski definition) is 0. The van der Waals surface area contributed by atoms with Crippen LogP contribution in [0.1, 0.15) is 23.4 Å². The van der Waals surface area contributed by atoms with Crippen molar-refractivity contribution in [2.45, 2.75) is 18.9 Å². The van der Waals surface area contributed by atoms with Gasteiger partial charge in [0.15, 0.2) is 17.2 Å². The molecule has 4 rings (SSSR count). The van der Waals surface area contributed by atoms with Crippen LogP contribution in [-0.2, 0) is 9.53 Å². The van der Waals surface area contributed by atoms with Gasteiger partial charge in [-0.15, -0.1) is 0 Å². The average molecular weight is 346 g/mol. The van der Waals surface area contributed by atoms with E-state index in [-0.39, 0.29) is 23.2 Å². The van der Waals surface area contributed by atoms with Crippen molar-refractivity contribution in [3.63, 3.8) is 0 Å². The van der Waals surface area contributed by atoms with Crippen LogP contribution in [0.25, 0.3) is 11.0 Å². The summed E-state index contributed by atoms with van der Waals surface area (Å²) < 4.78 is 24.5. The highest BCUT2D eigenvalue weighted by atomic mass is 19.1. The fourth-order valence-corrected chi connectivity index (χ4v) is 3.54. The Balaban J connectivity index is 1.57. The van der Waals surface area contributed by atoms with Crippen LogP contribution in [0, 0.1) is 5.82 Å². The summed E-state index contributed by atoms with van der Waals surface area (Å²) in [5.74, 6) is -0.836. The van der Waals surface area contributed by atoms with Gasteiger partial charge in [0, 0.05) is 25.0 Å². The normalized spacial score (nSPS) is 21.1. The zero-order valence-electron chi connectivity index (χ0n) is 13.7.